The third-order valence-corrected chi connectivity index (χ3v) is 4.39. The Bertz CT molecular complexity index is 750. The molecule has 118 valence electrons. The largest absolute Gasteiger partial charge is 0.490 e. The number of pyridine rings is 1. The number of para-hydroxylation sites is 2. The number of ether oxygens (including phenoxy) is 1. The second kappa shape index (κ2) is 6.70. The van der Waals surface area contributed by atoms with Gasteiger partial charge < -0.3 is 14.7 Å². The minimum absolute atomic E-state index is 0.107. The number of fused-ring (bicyclic) bond motifs is 1. The van der Waals surface area contributed by atoms with Crippen LogP contribution < -0.4 is 9.64 Å². The zero-order chi connectivity index (χ0) is 16.2. The maximum absolute atomic E-state index is 12.9. The van der Waals surface area contributed by atoms with Crippen molar-refractivity contribution in [3.63, 3.8) is 0 Å². The molecule has 1 aliphatic heterocycles. The predicted octanol–water partition coefficient (Wildman–Crippen LogP) is 2.30. The van der Waals surface area contributed by atoms with E-state index in [1.165, 1.54) is 6.20 Å². The van der Waals surface area contributed by atoms with Crippen LogP contribution in [0, 0.1) is 0 Å². The molecule has 2 aromatic rings. The van der Waals surface area contributed by atoms with Gasteiger partial charge in [-0.15, -0.1) is 11.8 Å². The summed E-state index contributed by atoms with van der Waals surface area (Å²) in [7, 11) is 0. The summed E-state index contributed by atoms with van der Waals surface area (Å²) in [6.45, 7) is 0.856. The van der Waals surface area contributed by atoms with E-state index < -0.39 is 5.97 Å². The van der Waals surface area contributed by atoms with Crippen LogP contribution >= 0.6 is 11.8 Å². The topological polar surface area (TPSA) is 79.7 Å². The molecule has 23 heavy (non-hydrogen) atoms. The molecule has 1 aliphatic rings. The fourth-order valence-corrected chi connectivity index (χ4v) is 3.07. The number of thioether (sulfide) groups is 1. The lowest BCUT2D eigenvalue weighted by Crippen LogP contribution is -2.38. The molecule has 1 aromatic carbocycles. The van der Waals surface area contributed by atoms with Crippen molar-refractivity contribution < 1.29 is 19.4 Å². The summed E-state index contributed by atoms with van der Waals surface area (Å²) in [5, 5.41) is 8.83. The molecule has 7 heteroatoms. The summed E-state index contributed by atoms with van der Waals surface area (Å²) in [5.41, 5.74) is 1.11. The number of carboxylic acids is 1. The Labute approximate surface area is 137 Å². The first-order chi connectivity index (χ1) is 11.2. The lowest BCUT2D eigenvalue weighted by atomic mass is 10.2. The van der Waals surface area contributed by atoms with Gasteiger partial charge in [-0.1, -0.05) is 12.1 Å². The average Bonchev–Trinajstić information content (AvgIpc) is 2.59. The summed E-state index contributed by atoms with van der Waals surface area (Å²) in [6, 6.07) is 9.00. The number of aliphatic carboxylic acids is 1. The predicted molar refractivity (Wildman–Crippen MR) is 86.2 cm³/mol. The van der Waals surface area contributed by atoms with E-state index in [0.29, 0.717) is 35.0 Å². The standard InChI is InChI=1S/C16H14N2O4S/c19-15(20)10-23-14-5-6-17-9-11(14)16(21)18-7-8-22-13-4-2-1-3-12(13)18/h1-6,9H,7-8,10H2,(H,19,20). The molecule has 0 atom stereocenters. The zero-order valence-electron chi connectivity index (χ0n) is 12.1. The van der Waals surface area contributed by atoms with Gasteiger partial charge in [-0.25, -0.2) is 0 Å². The molecule has 2 heterocycles. The van der Waals surface area contributed by atoms with Gasteiger partial charge in [-0.3, -0.25) is 14.6 Å². The highest BCUT2D eigenvalue weighted by atomic mass is 32.2. The Kier molecular flexibility index (Phi) is 4.47. The average molecular weight is 330 g/mol. The summed E-state index contributed by atoms with van der Waals surface area (Å²) < 4.78 is 5.56. The van der Waals surface area contributed by atoms with Gasteiger partial charge in [-0.05, 0) is 18.2 Å². The van der Waals surface area contributed by atoms with Crippen molar-refractivity contribution >= 4 is 29.3 Å². The number of rotatable bonds is 4. The molecular weight excluding hydrogens is 316 g/mol. The quantitative estimate of drug-likeness (QED) is 0.867. The molecule has 1 N–H and O–H groups in total. The Hall–Kier alpha value is -2.54. The molecule has 6 nitrogen and oxygen atoms in total. The highest BCUT2D eigenvalue weighted by Crippen LogP contribution is 2.33. The van der Waals surface area contributed by atoms with Crippen LogP contribution in [0.25, 0.3) is 0 Å². The van der Waals surface area contributed by atoms with Crippen molar-refractivity contribution in [3.05, 3.63) is 48.3 Å². The highest BCUT2D eigenvalue weighted by molar-refractivity contribution is 8.00. The van der Waals surface area contributed by atoms with Crippen LogP contribution in [0.1, 0.15) is 10.4 Å². The van der Waals surface area contributed by atoms with Crippen LogP contribution in [0.5, 0.6) is 5.75 Å². The maximum Gasteiger partial charge on any atom is 0.313 e. The number of carbonyl (C=O) groups excluding carboxylic acids is 1. The van der Waals surface area contributed by atoms with E-state index in [9.17, 15) is 9.59 Å². The Morgan fingerprint density at radius 1 is 1.30 bits per heavy atom. The van der Waals surface area contributed by atoms with E-state index in [0.717, 1.165) is 11.8 Å². The Balaban J connectivity index is 1.91. The first kappa shape index (κ1) is 15.4. The van der Waals surface area contributed by atoms with E-state index in [1.54, 1.807) is 17.2 Å². The van der Waals surface area contributed by atoms with Gasteiger partial charge in [0.15, 0.2) is 0 Å². The first-order valence-electron chi connectivity index (χ1n) is 6.99. The van der Waals surface area contributed by atoms with E-state index >= 15 is 0 Å². The van der Waals surface area contributed by atoms with Gasteiger partial charge in [-0.2, -0.15) is 0 Å². The van der Waals surface area contributed by atoms with Crippen LogP contribution in [0.4, 0.5) is 5.69 Å². The summed E-state index contributed by atoms with van der Waals surface area (Å²) in [5.74, 6) is -0.580. The molecule has 3 rings (SSSR count). The van der Waals surface area contributed by atoms with Crippen LogP contribution in [-0.2, 0) is 4.79 Å². The van der Waals surface area contributed by atoms with Gasteiger partial charge in [0.1, 0.15) is 12.4 Å². The Morgan fingerprint density at radius 2 is 2.13 bits per heavy atom. The molecule has 0 saturated heterocycles. The van der Waals surface area contributed by atoms with E-state index in [2.05, 4.69) is 4.98 Å². The van der Waals surface area contributed by atoms with Gasteiger partial charge >= 0.3 is 5.97 Å². The number of nitrogens with zero attached hydrogens (tertiary/aromatic N) is 2. The molecule has 0 aliphatic carbocycles. The minimum Gasteiger partial charge on any atom is -0.490 e. The summed E-state index contributed by atoms with van der Waals surface area (Å²) >= 11 is 1.11. The fraction of sp³-hybridized carbons (Fsp3) is 0.188. The smallest absolute Gasteiger partial charge is 0.313 e. The number of benzene rings is 1. The third-order valence-electron chi connectivity index (χ3n) is 3.34. The fourth-order valence-electron chi connectivity index (χ4n) is 2.33. The molecular formula is C16H14N2O4S. The molecule has 1 aromatic heterocycles. The van der Waals surface area contributed by atoms with Crippen molar-refractivity contribution in [2.45, 2.75) is 4.90 Å². The van der Waals surface area contributed by atoms with Crippen LogP contribution in [0.2, 0.25) is 0 Å². The number of amides is 1. The molecule has 0 unspecified atom stereocenters. The number of hydrogen-bond donors (Lipinski definition) is 1. The molecule has 0 bridgehead atoms. The SMILES string of the molecule is O=C(O)CSc1ccncc1C(=O)N1CCOc2ccccc21. The number of hydrogen-bond acceptors (Lipinski definition) is 5. The van der Waals surface area contributed by atoms with Crippen LogP contribution in [0.15, 0.2) is 47.6 Å². The molecule has 0 fully saturated rings. The number of carbonyl (C=O) groups is 2. The van der Waals surface area contributed by atoms with Crippen LogP contribution in [-0.4, -0.2) is 40.9 Å². The van der Waals surface area contributed by atoms with Crippen LogP contribution in [0.3, 0.4) is 0 Å². The normalized spacial score (nSPS) is 13.1. The van der Waals surface area contributed by atoms with E-state index in [-0.39, 0.29) is 11.7 Å². The lowest BCUT2D eigenvalue weighted by Gasteiger charge is -2.29. The summed E-state index contributed by atoms with van der Waals surface area (Å²) in [4.78, 5) is 29.9. The zero-order valence-corrected chi connectivity index (χ0v) is 13.0. The summed E-state index contributed by atoms with van der Waals surface area (Å²) in [6.07, 6.45) is 3.03. The maximum atomic E-state index is 12.9. The van der Waals surface area contributed by atoms with Gasteiger partial charge in [0.2, 0.25) is 0 Å². The van der Waals surface area contributed by atoms with E-state index in [1.807, 2.05) is 24.3 Å². The first-order valence-corrected chi connectivity index (χ1v) is 7.97. The lowest BCUT2D eigenvalue weighted by molar-refractivity contribution is -0.133. The highest BCUT2D eigenvalue weighted by Gasteiger charge is 2.26. The molecule has 0 radical (unpaired) electrons. The van der Waals surface area contributed by atoms with Crippen molar-refractivity contribution in [2.24, 2.45) is 0 Å². The molecule has 0 saturated carbocycles. The molecule has 0 spiro atoms. The van der Waals surface area contributed by atoms with Gasteiger partial charge in [0.05, 0.1) is 23.5 Å². The second-order valence-electron chi connectivity index (χ2n) is 4.83. The second-order valence-corrected chi connectivity index (χ2v) is 5.84. The third kappa shape index (κ3) is 3.29. The van der Waals surface area contributed by atoms with Crippen molar-refractivity contribution in [2.75, 3.05) is 23.8 Å². The monoisotopic (exact) mass is 330 g/mol. The minimum atomic E-state index is -0.929. The number of aromatic nitrogens is 1. The van der Waals surface area contributed by atoms with Gasteiger partial charge in [0.25, 0.3) is 5.91 Å². The van der Waals surface area contributed by atoms with E-state index in [4.69, 9.17) is 9.84 Å². The van der Waals surface area contributed by atoms with Gasteiger partial charge in [0, 0.05) is 17.3 Å². The number of anilines is 1. The Morgan fingerprint density at radius 3 is 2.96 bits per heavy atom. The number of carboxylic acid groups (broad SMARTS) is 1. The molecule has 1 amide bonds. The van der Waals surface area contributed by atoms with Crippen molar-refractivity contribution in [1.29, 1.82) is 0 Å². The van der Waals surface area contributed by atoms with Crippen molar-refractivity contribution in [1.82, 2.24) is 4.98 Å². The van der Waals surface area contributed by atoms with Crippen molar-refractivity contribution in [3.8, 4) is 5.75 Å².